The van der Waals surface area contributed by atoms with E-state index in [2.05, 4.69) is 0 Å². The Hall–Kier alpha value is 0.768. The van der Waals surface area contributed by atoms with Gasteiger partial charge in [0.05, 0.1) is 0 Å². The normalized spacial score (nSPS) is 4.17. The van der Waals surface area contributed by atoms with Gasteiger partial charge in [-0.3, -0.25) is 0 Å². The summed E-state index contributed by atoms with van der Waals surface area (Å²) in [6.45, 7) is 0.972. The van der Waals surface area contributed by atoms with Gasteiger partial charge in [0.25, 0.3) is 0 Å². The zero-order valence-corrected chi connectivity index (χ0v) is 5.84. The van der Waals surface area contributed by atoms with Gasteiger partial charge in [-0.1, -0.05) is 0 Å². The molecule has 0 heterocycles. The molecule has 0 atom stereocenters. The molecule has 0 aliphatic rings. The first-order chi connectivity index (χ1) is 1.73. The van der Waals surface area contributed by atoms with E-state index in [-0.39, 0.29) is 45.9 Å². The molecule has 0 rings (SSSR count). The molecular weight excluding hydrogens is 222 g/mol. The first kappa shape index (κ1) is 15.9. The zero-order valence-electron chi connectivity index (χ0n) is 3.22. The number of carbonyl (C=O) groups excluding carboxylic acids is 1. The minimum Gasteiger partial charge on any atom is -0.550 e. The van der Waals surface area contributed by atoms with Crippen LogP contribution in [0.5, 0.6) is 0 Å². The summed E-state index contributed by atoms with van der Waals surface area (Å²) in [4.78, 5) is 8.89. The number of carboxylic acids is 1. The van der Waals surface area contributed by atoms with Gasteiger partial charge in [0.1, 0.15) is 0 Å². The predicted octanol–water partition coefficient (Wildman–Crippen LogP) is -2.07. The minimum atomic E-state index is -1.08. The summed E-state index contributed by atoms with van der Waals surface area (Å²) in [6.07, 6.45) is 0. The van der Waals surface area contributed by atoms with Crippen LogP contribution >= 0.6 is 0 Å². The van der Waals surface area contributed by atoms with Crippen LogP contribution in [0.3, 0.4) is 0 Å². The first-order valence-electron chi connectivity index (χ1n) is 0.908. The van der Waals surface area contributed by atoms with Gasteiger partial charge in [-0.15, -0.1) is 0 Å². The van der Waals surface area contributed by atoms with Crippen LogP contribution in [0.25, 0.3) is 0 Å². The Morgan fingerprint density at radius 2 is 1.67 bits per heavy atom. The van der Waals surface area contributed by atoms with Gasteiger partial charge in [-0.05, 0) is 6.92 Å². The molecular formula is C2H5O3Sm+2. The van der Waals surface area contributed by atoms with E-state index in [1.54, 1.807) is 0 Å². The third kappa shape index (κ3) is 115. The Bertz CT molecular complexity index is 31.8. The number of hydrogen-bond donors (Lipinski definition) is 0. The minimum absolute atomic E-state index is 0. The second kappa shape index (κ2) is 9.24. The Kier molecular flexibility index (Phi) is 24.4. The van der Waals surface area contributed by atoms with Crippen molar-refractivity contribution >= 4 is 5.97 Å². The van der Waals surface area contributed by atoms with Crippen molar-refractivity contribution in [2.75, 3.05) is 0 Å². The maximum Gasteiger partial charge on any atom is 3.00 e. The zero-order chi connectivity index (χ0) is 3.58. The van der Waals surface area contributed by atoms with E-state index in [1.165, 1.54) is 0 Å². The van der Waals surface area contributed by atoms with E-state index < -0.39 is 5.97 Å². The number of aliphatic carboxylic acids is 1. The second-order valence-corrected chi connectivity index (χ2v) is 0.492. The van der Waals surface area contributed by atoms with E-state index in [0.717, 1.165) is 6.92 Å². The topological polar surface area (TPSA) is 71.6 Å². The van der Waals surface area contributed by atoms with Crippen LogP contribution in [0.1, 0.15) is 6.92 Å². The molecule has 0 saturated carbocycles. The third-order valence-electron chi connectivity index (χ3n) is 0. The summed E-state index contributed by atoms with van der Waals surface area (Å²) in [7, 11) is 0. The summed E-state index contributed by atoms with van der Waals surface area (Å²) in [5.41, 5.74) is 0. The van der Waals surface area contributed by atoms with Crippen molar-refractivity contribution in [1.82, 2.24) is 0 Å². The van der Waals surface area contributed by atoms with Gasteiger partial charge < -0.3 is 15.4 Å². The van der Waals surface area contributed by atoms with Crippen molar-refractivity contribution in [2.24, 2.45) is 0 Å². The fraction of sp³-hybridized carbons (Fsp3) is 0.500. The average molecular weight is 227 g/mol. The van der Waals surface area contributed by atoms with Crippen LogP contribution in [0.2, 0.25) is 0 Å². The number of carboxylic acid groups (broad SMARTS) is 1. The van der Waals surface area contributed by atoms with Gasteiger partial charge in [0, 0.05) is 5.97 Å². The SMILES string of the molecule is CC(=O)[O-].O.[Sm+3]. The van der Waals surface area contributed by atoms with Crippen molar-refractivity contribution < 1.29 is 55.8 Å². The summed E-state index contributed by atoms with van der Waals surface area (Å²) in [5, 5.41) is 8.89. The smallest absolute Gasteiger partial charge is 0.550 e. The molecule has 0 aromatic heterocycles. The van der Waals surface area contributed by atoms with Crippen LogP contribution in [0, 0.1) is 40.4 Å². The van der Waals surface area contributed by atoms with Gasteiger partial charge in [-0.25, -0.2) is 0 Å². The standard InChI is InChI=1S/C2H4O2.H2O.Sm/c1-2(3)4;;/h1H3,(H,3,4);1H2;/q;;+3/p-1. The molecule has 0 aliphatic heterocycles. The molecule has 0 unspecified atom stereocenters. The third-order valence-corrected chi connectivity index (χ3v) is 0. The molecule has 4 heteroatoms. The van der Waals surface area contributed by atoms with Crippen LogP contribution in [-0.2, 0) is 4.79 Å². The Balaban J connectivity index is -0.0000000450. The van der Waals surface area contributed by atoms with E-state index in [9.17, 15) is 0 Å². The van der Waals surface area contributed by atoms with Crippen molar-refractivity contribution in [1.29, 1.82) is 0 Å². The van der Waals surface area contributed by atoms with Crippen molar-refractivity contribution in [3.05, 3.63) is 0 Å². The van der Waals surface area contributed by atoms with Crippen LogP contribution in [-0.4, -0.2) is 11.4 Å². The number of carbonyl (C=O) groups is 1. The number of rotatable bonds is 0. The molecule has 35 valence electrons. The molecule has 0 aliphatic carbocycles. The molecule has 1 radical (unpaired) electrons. The van der Waals surface area contributed by atoms with Crippen LogP contribution in [0.15, 0.2) is 0 Å². The summed E-state index contributed by atoms with van der Waals surface area (Å²) in [5.74, 6) is -1.08. The summed E-state index contributed by atoms with van der Waals surface area (Å²) in [6, 6.07) is 0. The van der Waals surface area contributed by atoms with Gasteiger partial charge >= 0.3 is 40.4 Å². The van der Waals surface area contributed by atoms with Gasteiger partial charge in [0.15, 0.2) is 0 Å². The Labute approximate surface area is 68.1 Å². The molecule has 0 fully saturated rings. The molecule has 3 nitrogen and oxygen atoms in total. The van der Waals surface area contributed by atoms with Gasteiger partial charge in [0.2, 0.25) is 0 Å². The number of hydrogen-bond acceptors (Lipinski definition) is 2. The Morgan fingerprint density at radius 1 is 1.67 bits per heavy atom. The molecule has 0 aromatic carbocycles. The quantitative estimate of drug-likeness (QED) is 0.477. The maximum atomic E-state index is 8.89. The van der Waals surface area contributed by atoms with E-state index >= 15 is 0 Å². The molecule has 0 spiro atoms. The van der Waals surface area contributed by atoms with Crippen molar-refractivity contribution in [3.8, 4) is 0 Å². The van der Waals surface area contributed by atoms with Crippen molar-refractivity contribution in [3.63, 3.8) is 0 Å². The largest absolute Gasteiger partial charge is 3.00 e. The molecule has 6 heavy (non-hydrogen) atoms. The fourth-order valence-electron chi connectivity index (χ4n) is 0. The van der Waals surface area contributed by atoms with Crippen molar-refractivity contribution in [2.45, 2.75) is 6.92 Å². The Morgan fingerprint density at radius 3 is 1.67 bits per heavy atom. The molecule has 0 saturated heterocycles. The molecule has 0 amide bonds. The predicted molar refractivity (Wildman–Crippen MR) is 14.3 cm³/mol. The summed E-state index contributed by atoms with van der Waals surface area (Å²) >= 11 is 0. The monoisotopic (exact) mass is 229 g/mol. The van der Waals surface area contributed by atoms with E-state index in [4.69, 9.17) is 9.90 Å². The summed E-state index contributed by atoms with van der Waals surface area (Å²) < 4.78 is 0. The first-order valence-corrected chi connectivity index (χ1v) is 0.908. The van der Waals surface area contributed by atoms with E-state index in [0.29, 0.717) is 0 Å². The second-order valence-electron chi connectivity index (χ2n) is 0.492. The van der Waals surface area contributed by atoms with Crippen LogP contribution < -0.4 is 5.11 Å². The molecule has 0 bridgehead atoms. The molecule has 2 N–H and O–H groups in total. The van der Waals surface area contributed by atoms with Gasteiger partial charge in [-0.2, -0.15) is 0 Å². The average Bonchev–Trinajstić information content (AvgIpc) is 0.811. The van der Waals surface area contributed by atoms with Crippen LogP contribution in [0.4, 0.5) is 0 Å². The molecule has 0 aromatic rings. The van der Waals surface area contributed by atoms with E-state index in [1.807, 2.05) is 0 Å². The fourth-order valence-corrected chi connectivity index (χ4v) is 0. The maximum absolute atomic E-state index is 8.89.